The van der Waals surface area contributed by atoms with E-state index in [9.17, 15) is 9.59 Å². The Bertz CT molecular complexity index is 396. The molecule has 5 nitrogen and oxygen atoms in total. The number of carbonyl (C=O) groups is 2. The molecular formula is C12H14INO4. The van der Waals surface area contributed by atoms with Crippen molar-refractivity contribution in [3.63, 3.8) is 0 Å². The monoisotopic (exact) mass is 363 g/mol. The number of carboxylic acid groups (broad SMARTS) is 1. The first kappa shape index (κ1) is 14.7. The number of halogens is 1. The number of amides is 1. The second-order valence-electron chi connectivity index (χ2n) is 3.57. The van der Waals surface area contributed by atoms with Crippen molar-refractivity contribution >= 4 is 34.7 Å². The Hall–Kier alpha value is -1.31. The van der Waals surface area contributed by atoms with Gasteiger partial charge < -0.3 is 15.2 Å². The number of hydrogen-bond acceptors (Lipinski definition) is 3. The van der Waals surface area contributed by atoms with E-state index in [0.29, 0.717) is 10.8 Å². The van der Waals surface area contributed by atoms with Crippen LogP contribution in [0.5, 0.6) is 0 Å². The third-order valence-electron chi connectivity index (χ3n) is 2.20. The van der Waals surface area contributed by atoms with Crippen molar-refractivity contribution in [2.24, 2.45) is 0 Å². The Kier molecular flexibility index (Phi) is 6.48. The summed E-state index contributed by atoms with van der Waals surface area (Å²) in [6.45, 7) is 0.128. The van der Waals surface area contributed by atoms with E-state index in [-0.39, 0.29) is 6.61 Å². The molecule has 0 aliphatic heterocycles. The maximum absolute atomic E-state index is 11.4. The first-order valence-corrected chi connectivity index (χ1v) is 6.92. The molecule has 0 fully saturated rings. The lowest BCUT2D eigenvalue weighted by atomic mass is 10.2. The number of rotatable bonds is 6. The van der Waals surface area contributed by atoms with E-state index in [1.54, 1.807) is 0 Å². The van der Waals surface area contributed by atoms with Crippen molar-refractivity contribution in [2.45, 2.75) is 19.1 Å². The van der Waals surface area contributed by atoms with Crippen LogP contribution >= 0.6 is 22.6 Å². The second-order valence-corrected chi connectivity index (χ2v) is 4.65. The van der Waals surface area contributed by atoms with E-state index in [1.807, 2.05) is 30.3 Å². The van der Waals surface area contributed by atoms with Crippen LogP contribution in [0.25, 0.3) is 0 Å². The summed E-state index contributed by atoms with van der Waals surface area (Å²) in [6, 6.07) is 8.30. The second kappa shape index (κ2) is 7.91. The van der Waals surface area contributed by atoms with Crippen LogP contribution in [0.2, 0.25) is 0 Å². The van der Waals surface area contributed by atoms with Gasteiger partial charge in [-0.15, -0.1) is 0 Å². The van der Waals surface area contributed by atoms with E-state index in [1.165, 1.54) is 0 Å². The fraction of sp³-hybridized carbons (Fsp3) is 0.333. The van der Waals surface area contributed by atoms with Gasteiger partial charge in [-0.05, 0) is 12.0 Å². The highest BCUT2D eigenvalue weighted by molar-refractivity contribution is 14.1. The largest absolute Gasteiger partial charge is 0.480 e. The zero-order valence-corrected chi connectivity index (χ0v) is 11.8. The average molecular weight is 363 g/mol. The van der Waals surface area contributed by atoms with Gasteiger partial charge in [-0.3, -0.25) is 0 Å². The molecule has 0 aliphatic carbocycles. The van der Waals surface area contributed by atoms with E-state index in [0.717, 1.165) is 5.56 Å². The zero-order chi connectivity index (χ0) is 13.4. The summed E-state index contributed by atoms with van der Waals surface area (Å²) >= 11 is 2.06. The molecule has 6 heteroatoms. The van der Waals surface area contributed by atoms with Crippen molar-refractivity contribution in [3.05, 3.63) is 35.9 Å². The van der Waals surface area contributed by atoms with Crippen LogP contribution in [-0.4, -0.2) is 27.6 Å². The number of benzene rings is 1. The summed E-state index contributed by atoms with van der Waals surface area (Å²) in [4.78, 5) is 22.2. The molecule has 1 unspecified atom stereocenters. The molecule has 1 atom stereocenters. The Labute approximate surface area is 119 Å². The van der Waals surface area contributed by atoms with Crippen LogP contribution < -0.4 is 5.32 Å². The molecule has 0 heterocycles. The fourth-order valence-corrected chi connectivity index (χ4v) is 1.90. The number of hydrogen-bond donors (Lipinski definition) is 2. The highest BCUT2D eigenvalue weighted by Crippen LogP contribution is 2.02. The van der Waals surface area contributed by atoms with Gasteiger partial charge in [0.2, 0.25) is 0 Å². The predicted molar refractivity (Wildman–Crippen MR) is 74.7 cm³/mol. The number of ether oxygens (including phenoxy) is 1. The van der Waals surface area contributed by atoms with Crippen LogP contribution in [0.1, 0.15) is 12.0 Å². The van der Waals surface area contributed by atoms with Gasteiger partial charge in [0.1, 0.15) is 12.6 Å². The summed E-state index contributed by atoms with van der Waals surface area (Å²) in [5.41, 5.74) is 0.855. The number of nitrogens with one attached hydrogen (secondary N) is 1. The third-order valence-corrected chi connectivity index (χ3v) is 2.82. The molecule has 1 aromatic carbocycles. The molecule has 0 saturated carbocycles. The van der Waals surface area contributed by atoms with E-state index in [2.05, 4.69) is 27.9 Å². The predicted octanol–water partition coefficient (Wildman–Crippen LogP) is 2.19. The lowest BCUT2D eigenvalue weighted by molar-refractivity contribution is -0.139. The van der Waals surface area contributed by atoms with Crippen LogP contribution in [0.3, 0.4) is 0 Å². The fourth-order valence-electron chi connectivity index (χ4n) is 1.27. The average Bonchev–Trinajstić information content (AvgIpc) is 2.37. The number of carboxylic acids is 1. The van der Waals surface area contributed by atoms with Crippen molar-refractivity contribution in [1.82, 2.24) is 5.32 Å². The summed E-state index contributed by atoms with van der Waals surface area (Å²) in [6.07, 6.45) is -0.341. The molecular weight excluding hydrogens is 349 g/mol. The summed E-state index contributed by atoms with van der Waals surface area (Å²) in [5.74, 6) is -1.05. The van der Waals surface area contributed by atoms with Gasteiger partial charge >= 0.3 is 12.1 Å². The normalized spacial score (nSPS) is 11.6. The number of alkyl halides is 1. The Morgan fingerprint density at radius 1 is 1.33 bits per heavy atom. The third kappa shape index (κ3) is 5.35. The van der Waals surface area contributed by atoms with E-state index >= 15 is 0 Å². The Morgan fingerprint density at radius 2 is 2.00 bits per heavy atom. The maximum Gasteiger partial charge on any atom is 0.408 e. The minimum absolute atomic E-state index is 0.128. The molecule has 2 N–H and O–H groups in total. The van der Waals surface area contributed by atoms with Crippen LogP contribution in [0.4, 0.5) is 4.79 Å². The van der Waals surface area contributed by atoms with Crippen molar-refractivity contribution in [1.29, 1.82) is 0 Å². The lowest BCUT2D eigenvalue weighted by Crippen LogP contribution is -2.41. The van der Waals surface area contributed by atoms with Crippen molar-refractivity contribution in [3.8, 4) is 0 Å². The molecule has 1 aromatic rings. The van der Waals surface area contributed by atoms with Gasteiger partial charge in [0.15, 0.2) is 0 Å². The smallest absolute Gasteiger partial charge is 0.408 e. The highest BCUT2D eigenvalue weighted by Gasteiger charge is 2.19. The molecule has 0 radical (unpaired) electrons. The number of aliphatic carboxylic acids is 1. The number of carbonyl (C=O) groups excluding carboxylic acids is 1. The summed E-state index contributed by atoms with van der Waals surface area (Å²) in [5, 5.41) is 11.2. The van der Waals surface area contributed by atoms with Crippen molar-refractivity contribution in [2.75, 3.05) is 4.43 Å². The van der Waals surface area contributed by atoms with Crippen LogP contribution in [0.15, 0.2) is 30.3 Å². The minimum atomic E-state index is -1.05. The Morgan fingerprint density at radius 3 is 2.56 bits per heavy atom. The van der Waals surface area contributed by atoms with Gasteiger partial charge in [-0.1, -0.05) is 52.9 Å². The van der Waals surface area contributed by atoms with Gasteiger partial charge in [-0.25, -0.2) is 9.59 Å². The summed E-state index contributed by atoms with van der Waals surface area (Å²) in [7, 11) is 0. The molecule has 1 rings (SSSR count). The molecule has 0 saturated heterocycles. The highest BCUT2D eigenvalue weighted by atomic mass is 127. The van der Waals surface area contributed by atoms with Gasteiger partial charge in [0.05, 0.1) is 0 Å². The van der Waals surface area contributed by atoms with Crippen LogP contribution in [0, 0.1) is 0 Å². The van der Waals surface area contributed by atoms with Gasteiger partial charge in [0, 0.05) is 4.43 Å². The minimum Gasteiger partial charge on any atom is -0.480 e. The van der Waals surface area contributed by atoms with Crippen molar-refractivity contribution < 1.29 is 19.4 Å². The maximum atomic E-state index is 11.4. The molecule has 98 valence electrons. The zero-order valence-electron chi connectivity index (χ0n) is 9.64. The van der Waals surface area contributed by atoms with E-state index < -0.39 is 18.1 Å². The molecule has 0 bridgehead atoms. The summed E-state index contributed by atoms with van der Waals surface area (Å²) < 4.78 is 5.59. The Balaban J connectivity index is 2.39. The first-order valence-electron chi connectivity index (χ1n) is 5.39. The van der Waals surface area contributed by atoms with Crippen LogP contribution in [-0.2, 0) is 16.1 Å². The molecule has 0 aliphatic rings. The number of alkyl carbamates (subject to hydrolysis) is 1. The quantitative estimate of drug-likeness (QED) is 0.600. The van der Waals surface area contributed by atoms with Gasteiger partial charge in [0.25, 0.3) is 0 Å². The first-order chi connectivity index (χ1) is 8.63. The SMILES string of the molecule is O=C(NC(CCI)C(=O)O)OCc1ccccc1. The molecule has 0 spiro atoms. The van der Waals surface area contributed by atoms with E-state index in [4.69, 9.17) is 9.84 Å². The molecule has 1 amide bonds. The topological polar surface area (TPSA) is 75.6 Å². The lowest BCUT2D eigenvalue weighted by Gasteiger charge is -2.13. The molecule has 18 heavy (non-hydrogen) atoms. The standard InChI is InChI=1S/C12H14INO4/c13-7-6-10(11(15)16)14-12(17)18-8-9-4-2-1-3-5-9/h1-5,10H,6-8H2,(H,14,17)(H,15,16). The molecule has 0 aromatic heterocycles. The van der Waals surface area contributed by atoms with Gasteiger partial charge in [-0.2, -0.15) is 0 Å².